The van der Waals surface area contributed by atoms with Gasteiger partial charge in [-0.15, -0.1) is 0 Å². The van der Waals surface area contributed by atoms with Gasteiger partial charge in [0.25, 0.3) is 0 Å². The Morgan fingerprint density at radius 2 is 1.80 bits per heavy atom. The molecule has 0 spiro atoms. The molecule has 0 bridgehead atoms. The van der Waals surface area contributed by atoms with Crippen LogP contribution in [0.2, 0.25) is 0 Å². The van der Waals surface area contributed by atoms with Crippen LogP contribution in [-0.2, 0) is 15.7 Å². The lowest BCUT2D eigenvalue weighted by Gasteiger charge is -2.30. The van der Waals surface area contributed by atoms with Crippen LogP contribution in [0.1, 0.15) is 65.3 Å². The first-order valence-corrected chi connectivity index (χ1v) is 10.5. The van der Waals surface area contributed by atoms with Gasteiger partial charge in [-0.3, -0.25) is 10.1 Å². The molecule has 2 aromatic rings. The SMILES string of the molecule is CC(C)(C)c1cc(NC(=O)N2CCNC(=O)CC2c2ccccc2)n(C(C)(C)C)n1. The van der Waals surface area contributed by atoms with E-state index in [1.54, 1.807) is 4.90 Å². The number of benzene rings is 1. The van der Waals surface area contributed by atoms with Crippen LogP contribution in [0, 0.1) is 0 Å². The van der Waals surface area contributed by atoms with Gasteiger partial charge in [0.05, 0.1) is 23.7 Å². The number of hydrogen-bond acceptors (Lipinski definition) is 3. The molecule has 1 saturated heterocycles. The number of nitrogens with zero attached hydrogens (tertiary/aromatic N) is 3. The minimum atomic E-state index is -0.318. The van der Waals surface area contributed by atoms with E-state index in [1.165, 1.54) is 0 Å². The number of carbonyl (C=O) groups is 2. The van der Waals surface area contributed by atoms with Crippen LogP contribution in [0.25, 0.3) is 0 Å². The second-order valence-electron chi connectivity index (χ2n) is 9.85. The molecule has 1 fully saturated rings. The number of urea groups is 1. The van der Waals surface area contributed by atoms with Crippen LogP contribution in [0.3, 0.4) is 0 Å². The molecule has 0 saturated carbocycles. The molecule has 3 rings (SSSR count). The molecule has 2 N–H and O–H groups in total. The largest absolute Gasteiger partial charge is 0.354 e. The molecule has 30 heavy (non-hydrogen) atoms. The van der Waals surface area contributed by atoms with E-state index in [9.17, 15) is 9.59 Å². The zero-order chi connectivity index (χ0) is 22.1. The molecular formula is C23H33N5O2. The van der Waals surface area contributed by atoms with Crippen molar-refractivity contribution < 1.29 is 9.59 Å². The molecule has 0 aliphatic carbocycles. The number of anilines is 1. The molecule has 1 unspecified atom stereocenters. The van der Waals surface area contributed by atoms with Gasteiger partial charge in [-0.2, -0.15) is 5.10 Å². The van der Waals surface area contributed by atoms with Gasteiger partial charge < -0.3 is 10.2 Å². The molecule has 1 atom stereocenters. The number of rotatable bonds is 2. The lowest BCUT2D eigenvalue weighted by atomic mass is 9.92. The van der Waals surface area contributed by atoms with E-state index in [4.69, 9.17) is 5.10 Å². The Bertz CT molecular complexity index is 906. The summed E-state index contributed by atoms with van der Waals surface area (Å²) in [5.74, 6) is 0.613. The summed E-state index contributed by atoms with van der Waals surface area (Å²) in [6.07, 6.45) is 0.239. The normalized spacial score (nSPS) is 18.0. The van der Waals surface area contributed by atoms with E-state index in [2.05, 4.69) is 52.2 Å². The van der Waals surface area contributed by atoms with Gasteiger partial charge >= 0.3 is 6.03 Å². The Balaban J connectivity index is 1.93. The predicted octanol–water partition coefficient (Wildman–Crippen LogP) is 4.03. The second kappa shape index (κ2) is 8.13. The molecule has 3 amide bonds. The first-order valence-electron chi connectivity index (χ1n) is 10.5. The Morgan fingerprint density at radius 1 is 1.13 bits per heavy atom. The first-order chi connectivity index (χ1) is 14.0. The third kappa shape index (κ3) is 4.83. The summed E-state index contributed by atoms with van der Waals surface area (Å²) in [5, 5.41) is 10.7. The minimum Gasteiger partial charge on any atom is -0.354 e. The van der Waals surface area contributed by atoms with Gasteiger partial charge in [0.15, 0.2) is 0 Å². The van der Waals surface area contributed by atoms with Gasteiger partial charge in [-0.1, -0.05) is 51.1 Å². The predicted molar refractivity (Wildman–Crippen MR) is 118 cm³/mol. The van der Waals surface area contributed by atoms with Crippen LogP contribution in [0.5, 0.6) is 0 Å². The Labute approximate surface area is 178 Å². The first kappa shape index (κ1) is 21.9. The van der Waals surface area contributed by atoms with Crippen molar-refractivity contribution in [1.82, 2.24) is 20.0 Å². The summed E-state index contributed by atoms with van der Waals surface area (Å²) in [6, 6.07) is 11.1. The standard InChI is InChI=1S/C23H33N5O2/c1-22(2,3)18-15-19(28(26-18)23(4,5)6)25-21(30)27-13-12-24-20(29)14-17(27)16-10-8-7-9-11-16/h7-11,15,17H,12-14H2,1-6H3,(H,24,29)(H,25,30). The molecule has 162 valence electrons. The van der Waals surface area contributed by atoms with Crippen LogP contribution in [-0.4, -0.2) is 39.7 Å². The zero-order valence-corrected chi connectivity index (χ0v) is 18.8. The smallest absolute Gasteiger partial charge is 0.323 e. The molecular weight excluding hydrogens is 378 g/mol. The van der Waals surface area contributed by atoms with Crippen LogP contribution in [0.4, 0.5) is 10.6 Å². The highest BCUT2D eigenvalue weighted by molar-refractivity contribution is 5.90. The maximum atomic E-state index is 13.4. The molecule has 7 heteroatoms. The number of carbonyl (C=O) groups excluding carboxylic acids is 2. The fourth-order valence-electron chi connectivity index (χ4n) is 3.58. The average Bonchev–Trinajstić information content (AvgIpc) is 2.99. The fraction of sp³-hybridized carbons (Fsp3) is 0.522. The molecule has 7 nitrogen and oxygen atoms in total. The molecule has 0 radical (unpaired) electrons. The molecule has 1 aliphatic rings. The molecule has 1 aromatic heterocycles. The van der Waals surface area contributed by atoms with Crippen molar-refractivity contribution in [3.8, 4) is 0 Å². The Hall–Kier alpha value is -2.83. The van der Waals surface area contributed by atoms with Gasteiger partial charge in [0, 0.05) is 24.6 Å². The van der Waals surface area contributed by atoms with Crippen molar-refractivity contribution in [2.75, 3.05) is 18.4 Å². The maximum Gasteiger partial charge on any atom is 0.323 e. The highest BCUT2D eigenvalue weighted by Gasteiger charge is 2.32. The van der Waals surface area contributed by atoms with Crippen molar-refractivity contribution in [3.05, 3.63) is 47.7 Å². The topological polar surface area (TPSA) is 79.3 Å². The summed E-state index contributed by atoms with van der Waals surface area (Å²) >= 11 is 0. The Kier molecular flexibility index (Phi) is 5.92. The van der Waals surface area contributed by atoms with Gasteiger partial charge in [-0.25, -0.2) is 9.48 Å². The number of amides is 3. The third-order valence-corrected chi connectivity index (χ3v) is 5.22. The molecule has 2 heterocycles. The quantitative estimate of drug-likeness (QED) is 0.783. The number of nitrogens with one attached hydrogen (secondary N) is 2. The lowest BCUT2D eigenvalue weighted by Crippen LogP contribution is -2.40. The average molecular weight is 412 g/mol. The minimum absolute atomic E-state index is 0.0473. The number of hydrogen-bond donors (Lipinski definition) is 2. The lowest BCUT2D eigenvalue weighted by molar-refractivity contribution is -0.121. The third-order valence-electron chi connectivity index (χ3n) is 5.22. The van der Waals surface area contributed by atoms with Gasteiger partial charge in [0.2, 0.25) is 5.91 Å². The maximum absolute atomic E-state index is 13.4. The van der Waals surface area contributed by atoms with Crippen molar-refractivity contribution in [1.29, 1.82) is 0 Å². The number of aromatic nitrogens is 2. The zero-order valence-electron chi connectivity index (χ0n) is 18.8. The van der Waals surface area contributed by atoms with E-state index < -0.39 is 0 Å². The van der Waals surface area contributed by atoms with Gasteiger partial charge in [0.1, 0.15) is 5.82 Å². The van der Waals surface area contributed by atoms with Crippen LogP contribution >= 0.6 is 0 Å². The highest BCUT2D eigenvalue weighted by Crippen LogP contribution is 2.30. The van der Waals surface area contributed by atoms with E-state index in [0.29, 0.717) is 18.9 Å². The summed E-state index contributed by atoms with van der Waals surface area (Å²) in [4.78, 5) is 27.3. The van der Waals surface area contributed by atoms with Gasteiger partial charge in [-0.05, 0) is 26.3 Å². The van der Waals surface area contributed by atoms with Crippen molar-refractivity contribution in [2.45, 2.75) is 65.0 Å². The van der Waals surface area contributed by atoms with Crippen molar-refractivity contribution >= 4 is 17.8 Å². The van der Waals surface area contributed by atoms with E-state index >= 15 is 0 Å². The van der Waals surface area contributed by atoms with E-state index in [0.717, 1.165) is 11.3 Å². The van der Waals surface area contributed by atoms with Crippen LogP contribution < -0.4 is 10.6 Å². The molecule has 1 aliphatic heterocycles. The van der Waals surface area contributed by atoms with Crippen molar-refractivity contribution in [2.24, 2.45) is 0 Å². The van der Waals surface area contributed by atoms with Crippen molar-refractivity contribution in [3.63, 3.8) is 0 Å². The monoisotopic (exact) mass is 411 g/mol. The summed E-state index contributed by atoms with van der Waals surface area (Å²) < 4.78 is 1.87. The second-order valence-corrected chi connectivity index (χ2v) is 9.85. The van der Waals surface area contributed by atoms with Crippen LogP contribution in [0.15, 0.2) is 36.4 Å². The fourth-order valence-corrected chi connectivity index (χ4v) is 3.58. The summed E-state index contributed by atoms with van der Waals surface area (Å²) in [7, 11) is 0. The van der Waals surface area contributed by atoms with E-state index in [1.807, 2.05) is 41.1 Å². The molecule has 1 aromatic carbocycles. The van der Waals surface area contributed by atoms with E-state index in [-0.39, 0.29) is 35.4 Å². The Morgan fingerprint density at radius 3 is 2.40 bits per heavy atom. The highest BCUT2D eigenvalue weighted by atomic mass is 16.2. The summed E-state index contributed by atoms with van der Waals surface area (Å²) in [6.45, 7) is 13.4. The summed E-state index contributed by atoms with van der Waals surface area (Å²) in [5.41, 5.74) is 1.44.